The van der Waals surface area contributed by atoms with Gasteiger partial charge in [-0.05, 0) is 128 Å². The van der Waals surface area contributed by atoms with E-state index in [1.807, 2.05) is 59.1 Å². The highest BCUT2D eigenvalue weighted by Gasteiger charge is 2.39. The highest BCUT2D eigenvalue weighted by atomic mass is 35.5. The lowest BCUT2D eigenvalue weighted by Gasteiger charge is -2.41. The van der Waals surface area contributed by atoms with Gasteiger partial charge in [0.15, 0.2) is 11.3 Å². The number of aliphatic carboxylic acids is 1. The van der Waals surface area contributed by atoms with Gasteiger partial charge < -0.3 is 35.2 Å². The Kier molecular flexibility index (Phi) is 21.1. The molecule has 0 saturated carbocycles. The third kappa shape index (κ3) is 17.2. The van der Waals surface area contributed by atoms with Crippen molar-refractivity contribution in [1.29, 1.82) is 0 Å². The Morgan fingerprint density at radius 2 is 1.09 bits per heavy atom. The first-order valence-electron chi connectivity index (χ1n) is 27.9. The Morgan fingerprint density at radius 3 is 1.46 bits per heavy atom. The van der Waals surface area contributed by atoms with Crippen LogP contribution in [0.3, 0.4) is 0 Å². The number of carboxylic acids is 1. The highest BCUT2D eigenvalue weighted by molar-refractivity contribution is 7.92. The summed E-state index contributed by atoms with van der Waals surface area (Å²) in [7, 11) is -7.18. The van der Waals surface area contributed by atoms with Crippen molar-refractivity contribution < 1.29 is 59.0 Å². The first kappa shape index (κ1) is 67.5. The molecule has 0 radical (unpaired) electrons. The molecule has 0 spiro atoms. The zero-order chi connectivity index (χ0) is 62.8. The number of esters is 1. The van der Waals surface area contributed by atoms with Gasteiger partial charge >= 0.3 is 18.1 Å². The van der Waals surface area contributed by atoms with E-state index in [0.717, 1.165) is 123 Å². The number of amides is 2. The van der Waals surface area contributed by atoms with Crippen LogP contribution in [0, 0.1) is 25.7 Å². The van der Waals surface area contributed by atoms with Crippen LogP contribution < -0.4 is 25.0 Å². The van der Waals surface area contributed by atoms with Crippen molar-refractivity contribution in [3.63, 3.8) is 0 Å². The first-order chi connectivity index (χ1) is 40.2. The van der Waals surface area contributed by atoms with Crippen molar-refractivity contribution in [3.05, 3.63) is 105 Å². The average Bonchev–Trinajstić information content (AvgIpc) is 1.88. The van der Waals surface area contributed by atoms with E-state index in [2.05, 4.69) is 19.2 Å². The molecular formula is C57H74Cl2F3N13O10S2. The maximum absolute atomic E-state index is 13.8. The fourth-order valence-corrected chi connectivity index (χ4v) is 12.3. The molecule has 0 unspecified atom stereocenters. The molecular weight excluding hydrogens is 1220 g/mol. The number of aromatic nitrogens is 6. The van der Waals surface area contributed by atoms with Crippen LogP contribution in [0.5, 0.6) is 0 Å². The molecule has 30 heteroatoms. The van der Waals surface area contributed by atoms with Crippen molar-refractivity contribution in [3.8, 4) is 0 Å². The van der Waals surface area contributed by atoms with Gasteiger partial charge in [-0.2, -0.15) is 23.4 Å². The van der Waals surface area contributed by atoms with E-state index in [9.17, 15) is 44.4 Å². The number of hydrogen-bond donors (Lipinski definition) is 4. The summed E-state index contributed by atoms with van der Waals surface area (Å²) in [6, 6.07) is 12.4. The second kappa shape index (κ2) is 27.2. The Morgan fingerprint density at radius 1 is 0.690 bits per heavy atom. The largest absolute Gasteiger partial charge is 0.490 e. The lowest BCUT2D eigenvalue weighted by Crippen LogP contribution is -2.50. The standard InChI is InChI=1S/C30H39ClN6O5S.C24H30ClN7O3S.C2HF3O2.CH4/c1-19-16-37-26(32-28(19)35-17-20(18-35)9-12-27(38)42-30(2,3)4)15-24(33-37)25-8-6-7-13-36(25)29(39)22-14-21(31)10-11-23(22)34-43(5,40)41;1-15-12-32-22(27-23(15)30-13-16(11-26)14-30)10-20(28-32)21-5-3-4-8-31(21)24(33)18-9-17(25)6-7-19(18)29-36(2,34)35;3-2(4,5)1(6)7;/h10-11,14-16,20,25,34H,6-9,12-13,17-18H2,1-5H3;6-7,9-10,12,16,21,29H,3-5,8,11,13-14,26H2,1-2H3;(H,6,7);1H4/t25-;21-;;/m00../s1. The lowest BCUT2D eigenvalue weighted by molar-refractivity contribution is -0.192. The molecule has 0 bridgehead atoms. The monoisotopic (exact) mass is 1290 g/mol. The third-order valence-corrected chi connectivity index (χ3v) is 16.4. The Balaban J connectivity index is 0.000000224. The maximum Gasteiger partial charge on any atom is 0.490 e. The molecule has 10 rings (SSSR count). The number of hydrogen-bond acceptors (Lipinski definition) is 16. The fraction of sp³-hybridized carbons (Fsp3) is 0.509. The molecule has 5 N–H and O–H groups in total. The number of carbonyl (C=O) groups is 4. The van der Waals surface area contributed by atoms with Crippen molar-refractivity contribution in [2.75, 3.05) is 77.6 Å². The molecule has 4 aliphatic rings. The number of likely N-dealkylation sites (tertiary alicyclic amines) is 2. The number of rotatable bonds is 14. The van der Waals surface area contributed by atoms with Crippen LogP contribution in [0.4, 0.5) is 36.2 Å². The van der Waals surface area contributed by atoms with E-state index in [1.54, 1.807) is 31.0 Å². The van der Waals surface area contributed by atoms with Gasteiger partial charge in [-0.25, -0.2) is 40.6 Å². The Labute approximate surface area is 513 Å². The van der Waals surface area contributed by atoms with Gasteiger partial charge in [0.2, 0.25) is 20.0 Å². The molecule has 2 amide bonds. The molecule has 8 heterocycles. The number of fused-ring (bicyclic) bond motifs is 2. The molecule has 2 atom stereocenters. The molecule has 474 valence electrons. The number of piperidine rings is 2. The van der Waals surface area contributed by atoms with Crippen LogP contribution in [-0.4, -0.2) is 155 Å². The number of aryl methyl sites for hydroxylation is 2. The van der Waals surface area contributed by atoms with Crippen molar-refractivity contribution in [1.82, 2.24) is 39.0 Å². The van der Waals surface area contributed by atoms with Gasteiger partial charge in [0.05, 0.1) is 58.5 Å². The van der Waals surface area contributed by atoms with Crippen molar-refractivity contribution in [2.45, 2.75) is 117 Å². The van der Waals surface area contributed by atoms with Crippen LogP contribution in [-0.2, 0) is 34.4 Å². The minimum atomic E-state index is -5.08. The topological polar surface area (TPSA) is 289 Å². The van der Waals surface area contributed by atoms with Gasteiger partial charge in [0.1, 0.15) is 17.2 Å². The summed E-state index contributed by atoms with van der Waals surface area (Å²) in [6.07, 6.45) is 7.17. The third-order valence-electron chi connectivity index (χ3n) is 14.7. The molecule has 87 heavy (non-hydrogen) atoms. The summed E-state index contributed by atoms with van der Waals surface area (Å²) in [4.78, 5) is 66.3. The Bertz CT molecular complexity index is 3760. The van der Waals surface area contributed by atoms with E-state index in [-0.39, 0.29) is 59.8 Å². The zero-order valence-electron chi connectivity index (χ0n) is 48.6. The van der Waals surface area contributed by atoms with Gasteiger partial charge in [-0.15, -0.1) is 0 Å². The number of nitrogens with zero attached hydrogens (tertiary/aromatic N) is 10. The number of carboxylic acid groups (broad SMARTS) is 1. The number of nitrogens with two attached hydrogens (primary N) is 1. The summed E-state index contributed by atoms with van der Waals surface area (Å²) in [5.74, 6) is -0.791. The number of alkyl halides is 3. The minimum Gasteiger partial charge on any atom is -0.475 e. The van der Waals surface area contributed by atoms with Gasteiger partial charge in [0, 0.05) is 97.3 Å². The normalized spacial score (nSPS) is 17.7. The minimum absolute atomic E-state index is 0. The van der Waals surface area contributed by atoms with E-state index in [1.165, 1.54) is 24.3 Å². The number of carbonyl (C=O) groups excluding carboxylic acids is 3. The molecule has 6 aromatic rings. The zero-order valence-corrected chi connectivity index (χ0v) is 51.7. The van der Waals surface area contributed by atoms with Crippen molar-refractivity contribution >= 4 is 101 Å². The summed E-state index contributed by atoms with van der Waals surface area (Å²) in [5.41, 5.74) is 11.0. The molecule has 4 aliphatic heterocycles. The predicted octanol–water partition coefficient (Wildman–Crippen LogP) is 9.08. The molecule has 0 aliphatic carbocycles. The lowest BCUT2D eigenvalue weighted by atomic mass is 9.94. The molecule has 2 aromatic carbocycles. The number of halogens is 5. The van der Waals surface area contributed by atoms with E-state index < -0.39 is 37.8 Å². The molecule has 4 saturated heterocycles. The quantitative estimate of drug-likeness (QED) is 0.0739. The van der Waals surface area contributed by atoms with Crippen LogP contribution in [0.2, 0.25) is 10.0 Å². The summed E-state index contributed by atoms with van der Waals surface area (Å²) in [6.45, 7) is 14.8. The fourth-order valence-electron chi connectivity index (χ4n) is 10.8. The first-order valence-corrected chi connectivity index (χ1v) is 32.4. The van der Waals surface area contributed by atoms with Crippen LogP contribution in [0.15, 0.2) is 60.9 Å². The molecule has 4 fully saturated rings. The van der Waals surface area contributed by atoms with Crippen LogP contribution in [0.25, 0.3) is 11.3 Å². The number of nitrogens with one attached hydrogen (secondary N) is 2. The second-order valence-corrected chi connectivity index (χ2v) is 27.5. The SMILES string of the molecule is C.Cc1cn2nc([C@@H]3CCCCN3C(=O)c3cc(Cl)ccc3NS(C)(=O)=O)cc2nc1N1CC(CCC(=O)OC(C)(C)C)C1.Cc1cn2nc([C@@H]3CCCCN3C(=O)c3cc(Cl)ccc3NS(C)(=O)=O)cc2nc1N1CC(CN)C1.O=C(O)C(F)(F)F. The highest BCUT2D eigenvalue weighted by Crippen LogP contribution is 2.38. The molecule has 4 aromatic heterocycles. The number of sulfonamides is 2. The number of ether oxygens (including phenoxy) is 1. The van der Waals surface area contributed by atoms with Gasteiger partial charge in [0.25, 0.3) is 11.8 Å². The van der Waals surface area contributed by atoms with E-state index in [0.29, 0.717) is 53.6 Å². The molecule has 23 nitrogen and oxygen atoms in total. The van der Waals surface area contributed by atoms with Crippen molar-refractivity contribution in [2.24, 2.45) is 17.6 Å². The predicted molar refractivity (Wildman–Crippen MR) is 327 cm³/mol. The van der Waals surface area contributed by atoms with Gasteiger partial charge in [-0.3, -0.25) is 23.8 Å². The smallest absolute Gasteiger partial charge is 0.475 e. The van der Waals surface area contributed by atoms with E-state index >= 15 is 0 Å². The van der Waals surface area contributed by atoms with Crippen LogP contribution >= 0.6 is 23.2 Å². The Hall–Kier alpha value is -7.01. The van der Waals surface area contributed by atoms with Crippen LogP contribution in [0.1, 0.15) is 135 Å². The summed E-state index contributed by atoms with van der Waals surface area (Å²) in [5, 5.41) is 17.4. The summed E-state index contributed by atoms with van der Waals surface area (Å²) < 4.78 is 93.3. The number of benzene rings is 2. The second-order valence-electron chi connectivity index (χ2n) is 23.1. The summed E-state index contributed by atoms with van der Waals surface area (Å²) >= 11 is 12.4. The van der Waals surface area contributed by atoms with E-state index in [4.69, 9.17) is 63.7 Å². The van der Waals surface area contributed by atoms with Gasteiger partial charge in [-0.1, -0.05) is 30.6 Å². The number of anilines is 4. The maximum atomic E-state index is 13.8. The average molecular weight is 1290 g/mol.